The highest BCUT2D eigenvalue weighted by molar-refractivity contribution is 7.98. The summed E-state index contributed by atoms with van der Waals surface area (Å²) in [4.78, 5) is 4.79. The number of thiazole rings is 1. The van der Waals surface area contributed by atoms with Crippen LogP contribution in [-0.2, 0) is 18.9 Å². The van der Waals surface area contributed by atoms with Crippen molar-refractivity contribution in [3.8, 4) is 16.3 Å². The molecule has 0 atom stereocenters. The number of benzene rings is 2. The summed E-state index contributed by atoms with van der Waals surface area (Å²) in [7, 11) is 0. The molecule has 7 heteroatoms. The van der Waals surface area contributed by atoms with Gasteiger partial charge in [-0.05, 0) is 51.0 Å². The van der Waals surface area contributed by atoms with E-state index in [1.807, 2.05) is 6.07 Å². The topological polar surface area (TPSA) is 52.8 Å². The predicted octanol–water partition coefficient (Wildman–Crippen LogP) is 6.22. The lowest BCUT2D eigenvalue weighted by Crippen LogP contribution is -2.07. The lowest BCUT2D eigenvalue weighted by molar-refractivity contribution is 0.288. The third-order valence-electron chi connectivity index (χ3n) is 5.16. The van der Waals surface area contributed by atoms with Crippen molar-refractivity contribution in [2.24, 2.45) is 0 Å². The Morgan fingerprint density at radius 2 is 1.81 bits per heavy atom. The van der Waals surface area contributed by atoms with Crippen LogP contribution in [-0.4, -0.2) is 19.7 Å². The van der Waals surface area contributed by atoms with Crippen molar-refractivity contribution < 1.29 is 4.74 Å². The SMILES string of the molecule is CCn1c(COc2ccc(C)c(C)c2)nnc1SCc1csc(-c2ccc(C)cc2)n1. The molecule has 0 bridgehead atoms. The fraction of sp³-hybridized carbons (Fsp3) is 0.292. The first-order valence-electron chi connectivity index (χ1n) is 10.3. The zero-order valence-electron chi connectivity index (χ0n) is 18.3. The van der Waals surface area contributed by atoms with Crippen LogP contribution in [0.4, 0.5) is 0 Å². The Morgan fingerprint density at radius 3 is 2.55 bits per heavy atom. The monoisotopic (exact) mass is 450 g/mol. The molecule has 0 radical (unpaired) electrons. The summed E-state index contributed by atoms with van der Waals surface area (Å²) < 4.78 is 8.07. The van der Waals surface area contributed by atoms with Gasteiger partial charge in [-0.3, -0.25) is 0 Å². The third kappa shape index (κ3) is 5.17. The molecule has 2 heterocycles. The van der Waals surface area contributed by atoms with E-state index in [2.05, 4.69) is 84.2 Å². The summed E-state index contributed by atoms with van der Waals surface area (Å²) in [6.45, 7) is 9.59. The fourth-order valence-corrected chi connectivity index (χ4v) is 4.99. The number of aryl methyl sites for hydroxylation is 3. The Labute approximate surface area is 191 Å². The van der Waals surface area contributed by atoms with E-state index in [0.29, 0.717) is 6.61 Å². The summed E-state index contributed by atoms with van der Waals surface area (Å²) >= 11 is 3.34. The Kier molecular flexibility index (Phi) is 6.73. The first-order valence-corrected chi connectivity index (χ1v) is 12.2. The van der Waals surface area contributed by atoms with Crippen LogP contribution in [0.5, 0.6) is 5.75 Å². The second kappa shape index (κ2) is 9.66. The van der Waals surface area contributed by atoms with Crippen LogP contribution in [0.2, 0.25) is 0 Å². The molecule has 5 nitrogen and oxygen atoms in total. The second-order valence-corrected chi connectivity index (χ2v) is 9.28. The van der Waals surface area contributed by atoms with E-state index in [0.717, 1.165) is 45.3 Å². The first kappa shape index (κ1) is 21.6. The molecule has 4 rings (SSSR count). The standard InChI is InChI=1S/C24H26N4OS2/c1-5-28-22(13-29-21-11-8-17(3)18(4)12-21)26-27-24(28)31-15-20-14-30-23(25-20)19-9-6-16(2)7-10-19/h6-12,14H,5,13,15H2,1-4H3. The van der Waals surface area contributed by atoms with Gasteiger partial charge < -0.3 is 9.30 Å². The van der Waals surface area contributed by atoms with Gasteiger partial charge in [-0.25, -0.2) is 4.98 Å². The minimum Gasteiger partial charge on any atom is -0.486 e. The summed E-state index contributed by atoms with van der Waals surface area (Å²) in [5, 5.41) is 12.8. The number of thioether (sulfide) groups is 1. The van der Waals surface area contributed by atoms with Crippen molar-refractivity contribution in [1.29, 1.82) is 0 Å². The molecule has 160 valence electrons. The van der Waals surface area contributed by atoms with Crippen molar-refractivity contribution in [2.45, 2.75) is 51.8 Å². The molecule has 0 amide bonds. The highest BCUT2D eigenvalue weighted by atomic mass is 32.2. The third-order valence-corrected chi connectivity index (χ3v) is 7.10. The van der Waals surface area contributed by atoms with E-state index < -0.39 is 0 Å². The number of ether oxygens (including phenoxy) is 1. The van der Waals surface area contributed by atoms with Gasteiger partial charge in [0.15, 0.2) is 11.0 Å². The smallest absolute Gasteiger partial charge is 0.191 e. The van der Waals surface area contributed by atoms with Gasteiger partial charge in [-0.1, -0.05) is 47.7 Å². The second-order valence-electron chi connectivity index (χ2n) is 7.48. The number of hydrogen-bond donors (Lipinski definition) is 0. The maximum Gasteiger partial charge on any atom is 0.191 e. The molecule has 0 spiro atoms. The first-order chi connectivity index (χ1) is 15.0. The van der Waals surface area contributed by atoms with Crippen molar-refractivity contribution in [3.05, 3.63) is 76.1 Å². The summed E-state index contributed by atoms with van der Waals surface area (Å²) in [6, 6.07) is 14.6. The van der Waals surface area contributed by atoms with Crippen LogP contribution in [0.3, 0.4) is 0 Å². The number of hydrogen-bond acceptors (Lipinski definition) is 6. The molecule has 31 heavy (non-hydrogen) atoms. The van der Waals surface area contributed by atoms with Gasteiger partial charge in [0.2, 0.25) is 0 Å². The van der Waals surface area contributed by atoms with Gasteiger partial charge in [0.05, 0.1) is 5.69 Å². The van der Waals surface area contributed by atoms with Gasteiger partial charge >= 0.3 is 0 Å². The minimum atomic E-state index is 0.401. The van der Waals surface area contributed by atoms with Crippen LogP contribution < -0.4 is 4.74 Å². The molecule has 0 aliphatic heterocycles. The Balaban J connectivity index is 1.39. The molecule has 0 aliphatic carbocycles. The van der Waals surface area contributed by atoms with Crippen molar-refractivity contribution >= 4 is 23.1 Å². The lowest BCUT2D eigenvalue weighted by Gasteiger charge is -2.10. The zero-order valence-corrected chi connectivity index (χ0v) is 19.9. The Hall–Kier alpha value is -2.64. The minimum absolute atomic E-state index is 0.401. The molecule has 0 fully saturated rings. The van der Waals surface area contributed by atoms with Crippen LogP contribution in [0.15, 0.2) is 53.0 Å². The molecule has 0 saturated carbocycles. The lowest BCUT2D eigenvalue weighted by atomic mass is 10.1. The predicted molar refractivity (Wildman–Crippen MR) is 128 cm³/mol. The molecule has 0 saturated heterocycles. The maximum absolute atomic E-state index is 5.96. The normalized spacial score (nSPS) is 11.1. The highest BCUT2D eigenvalue weighted by Gasteiger charge is 2.13. The van der Waals surface area contributed by atoms with Crippen LogP contribution in [0, 0.1) is 20.8 Å². The molecule has 0 unspecified atom stereocenters. The molecule has 0 N–H and O–H groups in total. The quantitative estimate of drug-likeness (QED) is 0.298. The van der Waals surface area contributed by atoms with E-state index >= 15 is 0 Å². The van der Waals surface area contributed by atoms with E-state index in [1.54, 1.807) is 23.1 Å². The van der Waals surface area contributed by atoms with Crippen LogP contribution >= 0.6 is 23.1 Å². The molecule has 4 aromatic rings. The van der Waals surface area contributed by atoms with E-state index in [4.69, 9.17) is 9.72 Å². The van der Waals surface area contributed by atoms with Crippen LogP contribution in [0.25, 0.3) is 10.6 Å². The molecule has 2 aromatic carbocycles. The van der Waals surface area contributed by atoms with E-state index in [1.165, 1.54) is 16.7 Å². The summed E-state index contributed by atoms with van der Waals surface area (Å²) in [5.41, 5.74) is 5.96. The van der Waals surface area contributed by atoms with Crippen molar-refractivity contribution in [1.82, 2.24) is 19.7 Å². The molecule has 2 aromatic heterocycles. The van der Waals surface area contributed by atoms with E-state index in [9.17, 15) is 0 Å². The highest BCUT2D eigenvalue weighted by Crippen LogP contribution is 2.28. The maximum atomic E-state index is 5.96. The summed E-state index contributed by atoms with van der Waals surface area (Å²) in [6.07, 6.45) is 0. The van der Waals surface area contributed by atoms with Gasteiger partial charge in [0.25, 0.3) is 0 Å². The Bertz CT molecular complexity index is 1160. The van der Waals surface area contributed by atoms with E-state index in [-0.39, 0.29) is 0 Å². The fourth-order valence-electron chi connectivity index (χ4n) is 3.14. The number of nitrogens with zero attached hydrogens (tertiary/aromatic N) is 4. The molecular weight excluding hydrogens is 424 g/mol. The average Bonchev–Trinajstić information content (AvgIpc) is 3.40. The molecular formula is C24H26N4OS2. The Morgan fingerprint density at radius 1 is 1.00 bits per heavy atom. The zero-order chi connectivity index (χ0) is 21.8. The van der Waals surface area contributed by atoms with Gasteiger partial charge in [0.1, 0.15) is 17.4 Å². The van der Waals surface area contributed by atoms with Gasteiger partial charge in [0, 0.05) is 23.2 Å². The number of rotatable bonds is 8. The average molecular weight is 451 g/mol. The van der Waals surface area contributed by atoms with Crippen molar-refractivity contribution in [2.75, 3.05) is 0 Å². The van der Waals surface area contributed by atoms with Gasteiger partial charge in [-0.15, -0.1) is 21.5 Å². The largest absolute Gasteiger partial charge is 0.486 e. The number of aromatic nitrogens is 4. The van der Waals surface area contributed by atoms with Crippen LogP contribution in [0.1, 0.15) is 35.1 Å². The van der Waals surface area contributed by atoms with Crippen molar-refractivity contribution in [3.63, 3.8) is 0 Å². The molecule has 0 aliphatic rings. The van der Waals surface area contributed by atoms with Gasteiger partial charge in [-0.2, -0.15) is 0 Å². The summed E-state index contributed by atoms with van der Waals surface area (Å²) in [5.74, 6) is 2.45.